The summed E-state index contributed by atoms with van der Waals surface area (Å²) < 4.78 is 0. The van der Waals surface area contributed by atoms with Crippen LogP contribution in [0, 0.1) is 0 Å². The van der Waals surface area contributed by atoms with E-state index in [0.717, 1.165) is 0 Å². The lowest BCUT2D eigenvalue weighted by Crippen LogP contribution is -2.80. The smallest absolute Gasteiger partial charge is 0.0703 e. The minimum absolute atomic E-state index is 0.263. The lowest BCUT2D eigenvalue weighted by atomic mass is 10.2. The molecule has 0 saturated carbocycles. The summed E-state index contributed by atoms with van der Waals surface area (Å²) in [4.78, 5) is 0. The molecule has 0 amide bonds. The second-order valence-electron chi connectivity index (χ2n) is 9.61. The van der Waals surface area contributed by atoms with E-state index in [0.29, 0.717) is 5.04 Å². The second-order valence-corrected chi connectivity index (χ2v) is 24.5. The topological polar surface area (TPSA) is 0 Å². The van der Waals surface area contributed by atoms with E-state index in [4.69, 9.17) is 0 Å². The zero-order valence-electron chi connectivity index (χ0n) is 16.8. The molecule has 0 nitrogen and oxygen atoms in total. The third kappa shape index (κ3) is 2.84. The molecule has 2 rings (SSSR count). The van der Waals surface area contributed by atoms with Gasteiger partial charge in [-0.2, -0.15) is 0 Å². The van der Waals surface area contributed by atoms with Crippen LogP contribution in [-0.4, -0.2) is 15.2 Å². The third-order valence-electron chi connectivity index (χ3n) is 6.35. The molecule has 0 heterocycles. The van der Waals surface area contributed by atoms with Crippen LogP contribution in [0.15, 0.2) is 60.7 Å². The molecule has 0 aromatic heterocycles. The van der Waals surface area contributed by atoms with Crippen molar-refractivity contribution in [2.75, 3.05) is 0 Å². The normalized spacial score (nSPS) is 13.8. The van der Waals surface area contributed by atoms with Gasteiger partial charge in [0.05, 0.1) is 7.59 Å². The summed E-state index contributed by atoms with van der Waals surface area (Å²) in [6.07, 6.45) is 0. The molecular weight excluding hydrogens is 320 g/mol. The summed E-state index contributed by atoms with van der Waals surface area (Å²) in [5, 5.41) is 3.82. The van der Waals surface area contributed by atoms with Crippen LogP contribution in [0.25, 0.3) is 0 Å². The van der Waals surface area contributed by atoms with Gasteiger partial charge in [0, 0.05) is 0 Å². The van der Waals surface area contributed by atoms with Crippen molar-refractivity contribution in [1.82, 2.24) is 0 Å². The first-order valence-corrected chi connectivity index (χ1v) is 15.1. The van der Waals surface area contributed by atoms with Gasteiger partial charge in [-0.3, -0.25) is 0 Å². The molecule has 0 aliphatic carbocycles. The first-order valence-electron chi connectivity index (χ1n) is 9.07. The Labute approximate surface area is 151 Å². The number of hydrogen-bond donors (Lipinski definition) is 0. The van der Waals surface area contributed by atoms with Crippen LogP contribution in [0.4, 0.5) is 0 Å². The monoisotopic (exact) mass is 354 g/mol. The van der Waals surface area contributed by atoms with Gasteiger partial charge in [0.2, 0.25) is 0 Å². The van der Waals surface area contributed by atoms with Crippen LogP contribution in [-0.2, 0) is 0 Å². The van der Waals surface area contributed by atoms with Gasteiger partial charge in [0.1, 0.15) is 7.59 Å². The quantitative estimate of drug-likeness (QED) is 0.626. The fourth-order valence-corrected chi connectivity index (χ4v) is 26.9. The molecule has 0 atom stereocenters. The molecule has 0 spiro atoms. The molecule has 0 bridgehead atoms. The number of rotatable bonds is 3. The van der Waals surface area contributed by atoms with Crippen molar-refractivity contribution in [2.45, 2.75) is 64.7 Å². The zero-order chi connectivity index (χ0) is 18.2. The first kappa shape index (κ1) is 19.2. The lowest BCUT2D eigenvalue weighted by molar-refractivity contribution is 0.708. The molecule has 2 aromatic carbocycles. The molecule has 0 saturated heterocycles. The Morgan fingerprint density at radius 3 is 1.12 bits per heavy atom. The fourth-order valence-electron chi connectivity index (χ4n) is 4.63. The average molecular weight is 355 g/mol. The van der Waals surface area contributed by atoms with Gasteiger partial charge >= 0.3 is 0 Å². The molecule has 0 fully saturated rings. The fraction of sp³-hybridized carbons (Fsp3) is 0.455. The van der Waals surface area contributed by atoms with Crippen molar-refractivity contribution in [2.24, 2.45) is 0 Å². The summed E-state index contributed by atoms with van der Waals surface area (Å²) >= 11 is 0. The molecule has 0 aliphatic rings. The van der Waals surface area contributed by atoms with Crippen molar-refractivity contribution >= 4 is 25.6 Å². The summed E-state index contributed by atoms with van der Waals surface area (Å²) in [7, 11) is -3.64. The molecule has 130 valence electrons. The van der Waals surface area contributed by atoms with E-state index < -0.39 is 15.2 Å². The van der Waals surface area contributed by atoms with E-state index in [1.54, 1.807) is 10.4 Å². The zero-order valence-corrected chi connectivity index (χ0v) is 18.8. The van der Waals surface area contributed by atoms with Gasteiger partial charge in [-0.15, -0.1) is 0 Å². The maximum Gasteiger partial charge on any atom is 0.116 e. The highest BCUT2D eigenvalue weighted by atomic mass is 29.3. The molecule has 24 heavy (non-hydrogen) atoms. The minimum atomic E-state index is -1.97. The molecule has 0 aliphatic heterocycles. The lowest BCUT2D eigenvalue weighted by Gasteiger charge is -2.58. The largest absolute Gasteiger partial charge is 0.116 e. The highest BCUT2D eigenvalue weighted by molar-refractivity contribution is 7.53. The van der Waals surface area contributed by atoms with E-state index >= 15 is 0 Å². The van der Waals surface area contributed by atoms with Crippen molar-refractivity contribution in [3.8, 4) is 0 Å². The van der Waals surface area contributed by atoms with Gasteiger partial charge in [0.25, 0.3) is 0 Å². The first-order chi connectivity index (χ1) is 11.0. The van der Waals surface area contributed by atoms with Gasteiger partial charge < -0.3 is 0 Å². The molecule has 0 unspecified atom stereocenters. The summed E-state index contributed by atoms with van der Waals surface area (Å²) in [5.41, 5.74) is 0. The molecule has 0 N–H and O–H groups in total. The molecular formula is C22H34Si2. The van der Waals surface area contributed by atoms with Crippen molar-refractivity contribution < 1.29 is 0 Å². The van der Waals surface area contributed by atoms with Gasteiger partial charge in [-0.25, -0.2) is 0 Å². The van der Waals surface area contributed by atoms with Crippen LogP contribution < -0.4 is 10.4 Å². The van der Waals surface area contributed by atoms with E-state index in [-0.39, 0.29) is 5.04 Å². The maximum absolute atomic E-state index is 2.64. The highest BCUT2D eigenvalue weighted by Gasteiger charge is 2.61. The van der Waals surface area contributed by atoms with Gasteiger partial charge in [-0.05, 0) is 10.1 Å². The Morgan fingerprint density at radius 2 is 0.875 bits per heavy atom. The third-order valence-corrected chi connectivity index (χ3v) is 28.5. The highest BCUT2D eigenvalue weighted by Crippen LogP contribution is 2.50. The number of benzene rings is 2. The maximum atomic E-state index is 2.64. The minimum Gasteiger partial charge on any atom is -0.0703 e. The van der Waals surface area contributed by atoms with E-state index in [1.807, 2.05) is 0 Å². The van der Waals surface area contributed by atoms with Crippen molar-refractivity contribution in [1.29, 1.82) is 0 Å². The predicted octanol–water partition coefficient (Wildman–Crippen LogP) is 5.64. The van der Waals surface area contributed by atoms with E-state index in [1.165, 1.54) is 0 Å². The van der Waals surface area contributed by atoms with Gasteiger partial charge in [-0.1, -0.05) is 126 Å². The van der Waals surface area contributed by atoms with Crippen LogP contribution in [0.1, 0.15) is 41.5 Å². The van der Waals surface area contributed by atoms with Crippen LogP contribution in [0.2, 0.25) is 23.2 Å². The Morgan fingerprint density at radius 1 is 0.542 bits per heavy atom. The second kappa shape index (κ2) is 6.31. The SMILES string of the molecule is CC(C)(C)[Si](C)(C)[Si](c1ccccc1)(c1ccccc1)C(C)(C)C. The molecule has 2 heteroatoms. The Hall–Kier alpha value is -1.13. The van der Waals surface area contributed by atoms with E-state index in [2.05, 4.69) is 115 Å². The standard InChI is InChI=1S/C22H34Si2/c1-21(2,3)23(7,8)24(22(4,5)6,19-15-11-9-12-16-19)20-17-13-10-14-18-20/h9-18H,1-8H3. The number of hydrogen-bond acceptors (Lipinski definition) is 0. The Balaban J connectivity index is 2.97. The Kier molecular flexibility index (Phi) is 5.05. The summed E-state index contributed by atoms with van der Waals surface area (Å²) in [5.74, 6) is 0. The Bertz CT molecular complexity index is 619. The molecule has 2 aromatic rings. The molecule has 0 radical (unpaired) electrons. The van der Waals surface area contributed by atoms with Crippen molar-refractivity contribution in [3.05, 3.63) is 60.7 Å². The summed E-state index contributed by atoms with van der Waals surface area (Å²) in [6, 6.07) is 22.9. The predicted molar refractivity (Wildman–Crippen MR) is 115 cm³/mol. The van der Waals surface area contributed by atoms with Crippen LogP contribution in [0.5, 0.6) is 0 Å². The van der Waals surface area contributed by atoms with Crippen LogP contribution >= 0.6 is 0 Å². The van der Waals surface area contributed by atoms with E-state index in [9.17, 15) is 0 Å². The summed E-state index contributed by atoms with van der Waals surface area (Å²) in [6.45, 7) is 20.2. The average Bonchev–Trinajstić information content (AvgIpc) is 2.47. The van der Waals surface area contributed by atoms with Gasteiger partial charge in [0.15, 0.2) is 0 Å². The van der Waals surface area contributed by atoms with Crippen LogP contribution in [0.3, 0.4) is 0 Å². The van der Waals surface area contributed by atoms with Crippen molar-refractivity contribution in [3.63, 3.8) is 0 Å².